The zero-order chi connectivity index (χ0) is 9.42. The fourth-order valence-electron chi connectivity index (χ4n) is 1.82. The van der Waals surface area contributed by atoms with Gasteiger partial charge in [0.25, 0.3) is 0 Å². The van der Waals surface area contributed by atoms with E-state index in [1.807, 2.05) is 6.92 Å². The maximum absolute atomic E-state index is 11.5. The van der Waals surface area contributed by atoms with Crippen LogP contribution < -0.4 is 5.32 Å². The monoisotopic (exact) mass is 182 g/mol. The molecule has 2 fully saturated rings. The van der Waals surface area contributed by atoms with Crippen molar-refractivity contribution in [3.8, 4) is 0 Å². The highest BCUT2D eigenvalue weighted by Gasteiger charge is 2.37. The molecule has 0 radical (unpaired) electrons. The van der Waals surface area contributed by atoms with Crippen LogP contribution in [0.5, 0.6) is 0 Å². The Hall–Kier alpha value is -1.06. The predicted octanol–water partition coefficient (Wildman–Crippen LogP) is 0.869. The molecule has 4 nitrogen and oxygen atoms in total. The summed E-state index contributed by atoms with van der Waals surface area (Å²) in [5, 5.41) is 2.78. The van der Waals surface area contributed by atoms with E-state index in [1.54, 1.807) is 0 Å². The molecule has 1 heterocycles. The van der Waals surface area contributed by atoms with Crippen molar-refractivity contribution in [1.82, 2.24) is 10.2 Å². The second-order valence-electron chi connectivity index (χ2n) is 3.90. The fourth-order valence-corrected chi connectivity index (χ4v) is 1.82. The molecule has 0 aromatic carbocycles. The van der Waals surface area contributed by atoms with E-state index >= 15 is 0 Å². The van der Waals surface area contributed by atoms with Crippen LogP contribution in [-0.2, 0) is 4.79 Å². The van der Waals surface area contributed by atoms with Crippen molar-refractivity contribution in [1.29, 1.82) is 0 Å². The largest absolute Gasteiger partial charge is 0.335 e. The predicted molar refractivity (Wildman–Crippen MR) is 47.1 cm³/mol. The van der Waals surface area contributed by atoms with Gasteiger partial charge in [-0.2, -0.15) is 0 Å². The summed E-state index contributed by atoms with van der Waals surface area (Å²) < 4.78 is 0. The van der Waals surface area contributed by atoms with Crippen LogP contribution in [0.2, 0.25) is 0 Å². The normalized spacial score (nSPS) is 29.9. The number of nitrogens with one attached hydrogen (secondary N) is 1. The molecular formula is C9H14N2O2. The van der Waals surface area contributed by atoms with E-state index in [4.69, 9.17) is 0 Å². The lowest BCUT2D eigenvalue weighted by Gasteiger charge is -2.39. The SMILES string of the molecule is CC1CC(=O)N(C2CCC2)C(=O)N1. The maximum atomic E-state index is 11.5. The second-order valence-corrected chi connectivity index (χ2v) is 3.90. The van der Waals surface area contributed by atoms with Crippen LogP contribution in [0.15, 0.2) is 0 Å². The van der Waals surface area contributed by atoms with E-state index in [9.17, 15) is 9.59 Å². The third-order valence-corrected chi connectivity index (χ3v) is 2.78. The molecule has 13 heavy (non-hydrogen) atoms. The highest BCUT2D eigenvalue weighted by molar-refractivity contribution is 5.97. The minimum atomic E-state index is -0.201. The Labute approximate surface area is 77.3 Å². The zero-order valence-corrected chi connectivity index (χ0v) is 7.75. The Morgan fingerprint density at radius 3 is 2.54 bits per heavy atom. The molecule has 1 atom stereocenters. The van der Waals surface area contributed by atoms with Crippen LogP contribution in [0.25, 0.3) is 0 Å². The smallest absolute Gasteiger partial charge is 0.324 e. The number of carbonyl (C=O) groups excluding carboxylic acids is 2. The number of rotatable bonds is 1. The van der Waals surface area contributed by atoms with Gasteiger partial charge in [0, 0.05) is 18.5 Å². The molecule has 0 bridgehead atoms. The van der Waals surface area contributed by atoms with Crippen molar-refractivity contribution in [2.24, 2.45) is 0 Å². The lowest BCUT2D eigenvalue weighted by atomic mass is 9.91. The van der Waals surface area contributed by atoms with Crippen molar-refractivity contribution in [3.63, 3.8) is 0 Å². The van der Waals surface area contributed by atoms with Gasteiger partial charge in [0.2, 0.25) is 5.91 Å². The van der Waals surface area contributed by atoms with Gasteiger partial charge < -0.3 is 5.32 Å². The summed E-state index contributed by atoms with van der Waals surface area (Å²) >= 11 is 0. The molecule has 2 aliphatic rings. The molecule has 1 unspecified atom stereocenters. The number of urea groups is 1. The van der Waals surface area contributed by atoms with Crippen molar-refractivity contribution in [3.05, 3.63) is 0 Å². The first-order chi connectivity index (χ1) is 6.18. The number of carbonyl (C=O) groups is 2. The molecule has 1 saturated heterocycles. The Bertz CT molecular complexity index is 230. The molecule has 2 rings (SSSR count). The molecule has 0 aromatic heterocycles. The molecule has 72 valence electrons. The number of hydrogen-bond acceptors (Lipinski definition) is 2. The third-order valence-electron chi connectivity index (χ3n) is 2.78. The van der Waals surface area contributed by atoms with Gasteiger partial charge in [-0.15, -0.1) is 0 Å². The molecular weight excluding hydrogens is 168 g/mol. The van der Waals surface area contributed by atoms with Crippen molar-refractivity contribution in [2.45, 2.75) is 44.7 Å². The first-order valence-corrected chi connectivity index (χ1v) is 4.81. The van der Waals surface area contributed by atoms with Gasteiger partial charge in [-0.1, -0.05) is 0 Å². The Morgan fingerprint density at radius 1 is 1.38 bits per heavy atom. The van der Waals surface area contributed by atoms with Gasteiger partial charge in [-0.25, -0.2) is 4.79 Å². The molecule has 1 aliphatic carbocycles. The maximum Gasteiger partial charge on any atom is 0.324 e. The standard InChI is InChI=1S/C9H14N2O2/c1-6-5-8(12)11(9(13)10-6)7-3-2-4-7/h6-7H,2-5H2,1H3,(H,10,13). The van der Waals surface area contributed by atoms with Crippen molar-refractivity contribution < 1.29 is 9.59 Å². The van der Waals surface area contributed by atoms with Crippen LogP contribution in [-0.4, -0.2) is 28.9 Å². The Kier molecular flexibility index (Phi) is 1.98. The molecule has 1 N–H and O–H groups in total. The lowest BCUT2D eigenvalue weighted by Crippen LogP contribution is -2.58. The topological polar surface area (TPSA) is 49.4 Å². The minimum absolute atomic E-state index is 0.00340. The van der Waals surface area contributed by atoms with E-state index in [1.165, 1.54) is 4.90 Å². The van der Waals surface area contributed by atoms with E-state index in [-0.39, 0.29) is 24.0 Å². The molecule has 4 heteroatoms. The van der Waals surface area contributed by atoms with Crippen LogP contribution in [0.1, 0.15) is 32.6 Å². The van der Waals surface area contributed by atoms with Crippen LogP contribution >= 0.6 is 0 Å². The van der Waals surface area contributed by atoms with Gasteiger partial charge in [0.15, 0.2) is 0 Å². The van der Waals surface area contributed by atoms with Crippen LogP contribution in [0.4, 0.5) is 4.79 Å². The summed E-state index contributed by atoms with van der Waals surface area (Å²) in [6, 6.07) is -0.0234. The van der Waals surface area contributed by atoms with Gasteiger partial charge in [0.1, 0.15) is 0 Å². The van der Waals surface area contributed by atoms with Crippen LogP contribution in [0.3, 0.4) is 0 Å². The van der Waals surface area contributed by atoms with E-state index < -0.39 is 0 Å². The summed E-state index contributed by atoms with van der Waals surface area (Å²) in [5.41, 5.74) is 0. The van der Waals surface area contributed by atoms with Crippen LogP contribution in [0, 0.1) is 0 Å². The Morgan fingerprint density at radius 2 is 2.08 bits per heavy atom. The van der Waals surface area contributed by atoms with E-state index in [2.05, 4.69) is 5.32 Å². The highest BCUT2D eigenvalue weighted by atomic mass is 16.2. The van der Waals surface area contributed by atoms with Gasteiger partial charge in [0.05, 0.1) is 0 Å². The quantitative estimate of drug-likeness (QED) is 0.654. The zero-order valence-electron chi connectivity index (χ0n) is 7.75. The summed E-state index contributed by atoms with van der Waals surface area (Å²) in [7, 11) is 0. The molecule has 1 saturated carbocycles. The fraction of sp³-hybridized carbons (Fsp3) is 0.778. The molecule has 0 spiro atoms. The summed E-state index contributed by atoms with van der Waals surface area (Å²) in [6.45, 7) is 1.86. The average molecular weight is 182 g/mol. The molecule has 1 aliphatic heterocycles. The summed E-state index contributed by atoms with van der Waals surface area (Å²) in [5.74, 6) is -0.0130. The number of hydrogen-bond donors (Lipinski definition) is 1. The van der Waals surface area contributed by atoms with Gasteiger partial charge in [-0.3, -0.25) is 9.69 Å². The average Bonchev–Trinajstić information content (AvgIpc) is 1.92. The molecule has 3 amide bonds. The Balaban J connectivity index is 2.07. The van der Waals surface area contributed by atoms with E-state index in [0.29, 0.717) is 6.42 Å². The third kappa shape index (κ3) is 1.41. The van der Waals surface area contributed by atoms with Gasteiger partial charge >= 0.3 is 6.03 Å². The first kappa shape index (κ1) is 8.53. The summed E-state index contributed by atoms with van der Waals surface area (Å²) in [4.78, 5) is 24.4. The summed E-state index contributed by atoms with van der Waals surface area (Å²) in [6.07, 6.45) is 3.54. The van der Waals surface area contributed by atoms with E-state index in [0.717, 1.165) is 19.3 Å². The lowest BCUT2D eigenvalue weighted by molar-refractivity contribution is -0.133. The number of amides is 3. The number of nitrogens with zero attached hydrogens (tertiary/aromatic N) is 1. The van der Waals surface area contributed by atoms with Crippen molar-refractivity contribution >= 4 is 11.9 Å². The van der Waals surface area contributed by atoms with Crippen molar-refractivity contribution in [2.75, 3.05) is 0 Å². The first-order valence-electron chi connectivity index (χ1n) is 4.81. The number of imide groups is 1. The highest BCUT2D eigenvalue weighted by Crippen LogP contribution is 2.26. The van der Waals surface area contributed by atoms with Gasteiger partial charge in [-0.05, 0) is 26.2 Å². The minimum Gasteiger partial charge on any atom is -0.335 e. The second kappa shape index (κ2) is 3.01. The molecule has 0 aromatic rings.